The van der Waals surface area contributed by atoms with Crippen LogP contribution in [0.25, 0.3) is 0 Å². The lowest BCUT2D eigenvalue weighted by atomic mass is 10.3. The van der Waals surface area contributed by atoms with E-state index >= 15 is 0 Å². The van der Waals surface area contributed by atoms with Crippen molar-refractivity contribution in [2.24, 2.45) is 10.8 Å². The lowest BCUT2D eigenvalue weighted by molar-refractivity contribution is 0.483. The van der Waals surface area contributed by atoms with Gasteiger partial charge in [-0.2, -0.15) is 0 Å². The lowest BCUT2D eigenvalue weighted by Gasteiger charge is -2.09. The fourth-order valence-corrected chi connectivity index (χ4v) is 1.52. The predicted molar refractivity (Wildman–Crippen MR) is 77.3 cm³/mol. The Morgan fingerprint density at radius 2 is 1.63 bits per heavy atom. The highest BCUT2D eigenvalue weighted by molar-refractivity contribution is 5.93. The average molecular weight is 256 g/mol. The highest BCUT2D eigenvalue weighted by Gasteiger charge is 1.99. The Balaban J connectivity index is 2.02. The molecule has 0 radical (unpaired) electrons. The smallest absolute Gasteiger partial charge is 0.209 e. The minimum Gasteiger partial charge on any atom is -0.457 e. The van der Waals surface area contributed by atoms with Gasteiger partial charge >= 0.3 is 0 Å². The molecule has 0 atom stereocenters. The number of benzene rings is 2. The number of ether oxygens (including phenoxy) is 1. The molecular weight excluding hydrogens is 240 g/mol. The summed E-state index contributed by atoms with van der Waals surface area (Å²) in [4.78, 5) is 3.93. The number of nitrogens with one attached hydrogen (secondary N) is 2. The van der Waals surface area contributed by atoms with Gasteiger partial charge in [-0.1, -0.05) is 18.2 Å². The van der Waals surface area contributed by atoms with Gasteiger partial charge < -0.3 is 10.1 Å². The van der Waals surface area contributed by atoms with Crippen molar-refractivity contribution < 1.29 is 4.74 Å². The SMILES string of the molecule is CN=C(NN)Nc1ccc(Oc2ccccc2)cc1. The number of hydrazine groups is 1. The van der Waals surface area contributed by atoms with Crippen molar-refractivity contribution in [3.8, 4) is 11.5 Å². The minimum atomic E-state index is 0.497. The molecular formula is C14H16N4O. The van der Waals surface area contributed by atoms with Crippen molar-refractivity contribution in [2.45, 2.75) is 0 Å². The van der Waals surface area contributed by atoms with E-state index in [1.54, 1.807) is 7.05 Å². The number of aliphatic imine (C=N–C) groups is 1. The van der Waals surface area contributed by atoms with Crippen molar-refractivity contribution in [3.63, 3.8) is 0 Å². The summed E-state index contributed by atoms with van der Waals surface area (Å²) in [6.07, 6.45) is 0. The van der Waals surface area contributed by atoms with Gasteiger partial charge in [0.25, 0.3) is 0 Å². The van der Waals surface area contributed by atoms with Crippen LogP contribution in [0, 0.1) is 0 Å². The number of hydrogen-bond acceptors (Lipinski definition) is 3. The van der Waals surface area contributed by atoms with Gasteiger partial charge in [0.1, 0.15) is 11.5 Å². The first-order chi connectivity index (χ1) is 9.31. The molecule has 5 heteroatoms. The Hall–Kier alpha value is -2.53. The number of nitrogens with zero attached hydrogens (tertiary/aromatic N) is 1. The number of guanidine groups is 1. The van der Waals surface area contributed by atoms with Gasteiger partial charge in [0.05, 0.1) is 0 Å². The Morgan fingerprint density at radius 3 is 2.21 bits per heavy atom. The second-order valence-corrected chi connectivity index (χ2v) is 3.78. The van der Waals surface area contributed by atoms with Crippen LogP contribution in [-0.4, -0.2) is 13.0 Å². The van der Waals surface area contributed by atoms with Crippen LogP contribution in [0.3, 0.4) is 0 Å². The first-order valence-corrected chi connectivity index (χ1v) is 5.85. The molecule has 0 heterocycles. The van der Waals surface area contributed by atoms with Crippen LogP contribution >= 0.6 is 0 Å². The summed E-state index contributed by atoms with van der Waals surface area (Å²) in [5.74, 6) is 7.37. The van der Waals surface area contributed by atoms with Crippen molar-refractivity contribution in [1.29, 1.82) is 0 Å². The van der Waals surface area contributed by atoms with Gasteiger partial charge in [0.15, 0.2) is 0 Å². The third-order valence-corrected chi connectivity index (χ3v) is 2.46. The third kappa shape index (κ3) is 3.72. The van der Waals surface area contributed by atoms with Gasteiger partial charge in [0.2, 0.25) is 5.96 Å². The van der Waals surface area contributed by atoms with E-state index in [9.17, 15) is 0 Å². The highest BCUT2D eigenvalue weighted by Crippen LogP contribution is 2.22. The van der Waals surface area contributed by atoms with Gasteiger partial charge in [-0.15, -0.1) is 0 Å². The molecule has 0 bridgehead atoms. The van der Waals surface area contributed by atoms with E-state index in [1.165, 1.54) is 0 Å². The Labute approximate surface area is 112 Å². The molecule has 0 aliphatic rings. The first-order valence-electron chi connectivity index (χ1n) is 5.85. The van der Waals surface area contributed by atoms with Crippen LogP contribution in [0.15, 0.2) is 59.6 Å². The molecule has 0 aliphatic carbocycles. The molecule has 98 valence electrons. The monoisotopic (exact) mass is 256 g/mol. The van der Waals surface area contributed by atoms with E-state index in [0.717, 1.165) is 17.2 Å². The summed E-state index contributed by atoms with van der Waals surface area (Å²) in [5.41, 5.74) is 3.34. The number of hydrogen-bond donors (Lipinski definition) is 3. The molecule has 5 nitrogen and oxygen atoms in total. The average Bonchev–Trinajstić information content (AvgIpc) is 2.47. The van der Waals surface area contributed by atoms with E-state index in [-0.39, 0.29) is 0 Å². The molecule has 0 amide bonds. The molecule has 19 heavy (non-hydrogen) atoms. The zero-order valence-electron chi connectivity index (χ0n) is 10.6. The maximum Gasteiger partial charge on any atom is 0.209 e. The van der Waals surface area contributed by atoms with E-state index in [0.29, 0.717) is 5.96 Å². The number of nitrogens with two attached hydrogens (primary N) is 1. The standard InChI is InChI=1S/C14H16N4O/c1-16-14(18-15)17-11-7-9-13(10-8-11)19-12-5-3-2-4-6-12/h2-10H,15H2,1H3,(H2,16,17,18). The van der Waals surface area contributed by atoms with Crippen LogP contribution in [0.2, 0.25) is 0 Å². The molecule has 0 aromatic heterocycles. The Morgan fingerprint density at radius 1 is 1.00 bits per heavy atom. The zero-order valence-corrected chi connectivity index (χ0v) is 10.6. The topological polar surface area (TPSA) is 71.7 Å². The normalized spacial score (nSPS) is 10.9. The van der Waals surface area contributed by atoms with Gasteiger partial charge in [-0.3, -0.25) is 10.4 Å². The van der Waals surface area contributed by atoms with Crippen LogP contribution in [0.4, 0.5) is 5.69 Å². The third-order valence-electron chi connectivity index (χ3n) is 2.46. The molecule has 0 spiro atoms. The molecule has 2 aromatic carbocycles. The van der Waals surface area contributed by atoms with Crippen molar-refractivity contribution in [3.05, 3.63) is 54.6 Å². The fraction of sp³-hybridized carbons (Fsp3) is 0.0714. The summed E-state index contributed by atoms with van der Waals surface area (Å²) >= 11 is 0. The minimum absolute atomic E-state index is 0.497. The van der Waals surface area contributed by atoms with E-state index < -0.39 is 0 Å². The Kier molecular flexibility index (Phi) is 4.36. The van der Waals surface area contributed by atoms with E-state index in [1.807, 2.05) is 54.6 Å². The van der Waals surface area contributed by atoms with E-state index in [4.69, 9.17) is 10.6 Å². The number of rotatable bonds is 3. The molecule has 0 fully saturated rings. The van der Waals surface area contributed by atoms with Crippen molar-refractivity contribution >= 4 is 11.6 Å². The van der Waals surface area contributed by atoms with Crippen LogP contribution in [0.1, 0.15) is 0 Å². The maximum atomic E-state index is 5.69. The summed E-state index contributed by atoms with van der Waals surface area (Å²) in [6, 6.07) is 17.2. The maximum absolute atomic E-state index is 5.69. The predicted octanol–water partition coefficient (Wildman–Crippen LogP) is 2.34. The lowest BCUT2D eigenvalue weighted by Crippen LogP contribution is -2.35. The first kappa shape index (κ1) is 12.9. The molecule has 2 rings (SSSR count). The molecule has 4 N–H and O–H groups in total. The van der Waals surface area contributed by atoms with Gasteiger partial charge in [-0.25, -0.2) is 5.84 Å². The highest BCUT2D eigenvalue weighted by atomic mass is 16.5. The van der Waals surface area contributed by atoms with Crippen molar-refractivity contribution in [2.75, 3.05) is 12.4 Å². The quantitative estimate of drug-likeness (QED) is 0.341. The number of anilines is 1. The second-order valence-electron chi connectivity index (χ2n) is 3.78. The molecule has 2 aromatic rings. The van der Waals surface area contributed by atoms with Crippen LogP contribution in [-0.2, 0) is 0 Å². The van der Waals surface area contributed by atoms with E-state index in [2.05, 4.69) is 15.7 Å². The van der Waals surface area contributed by atoms with Crippen molar-refractivity contribution in [1.82, 2.24) is 5.43 Å². The largest absolute Gasteiger partial charge is 0.457 e. The summed E-state index contributed by atoms with van der Waals surface area (Å²) in [5, 5.41) is 3.03. The molecule has 0 unspecified atom stereocenters. The second kappa shape index (κ2) is 6.42. The molecule has 0 aliphatic heterocycles. The summed E-state index contributed by atoms with van der Waals surface area (Å²) < 4.78 is 5.69. The Bertz CT molecular complexity index is 537. The summed E-state index contributed by atoms with van der Waals surface area (Å²) in [6.45, 7) is 0. The number of para-hydroxylation sites is 1. The molecule has 0 saturated carbocycles. The molecule has 0 saturated heterocycles. The van der Waals surface area contributed by atoms with Gasteiger partial charge in [-0.05, 0) is 36.4 Å². The summed E-state index contributed by atoms with van der Waals surface area (Å²) in [7, 11) is 1.65. The zero-order chi connectivity index (χ0) is 13.5. The van der Waals surface area contributed by atoms with Crippen LogP contribution < -0.4 is 21.3 Å². The fourth-order valence-electron chi connectivity index (χ4n) is 1.52. The van der Waals surface area contributed by atoms with Gasteiger partial charge in [0, 0.05) is 12.7 Å². The van der Waals surface area contributed by atoms with Crippen LogP contribution in [0.5, 0.6) is 11.5 Å².